The number of rotatable bonds is 8. The molecule has 0 aliphatic rings. The second-order valence-corrected chi connectivity index (χ2v) is 7.55. The number of aromatic nitrogens is 2. The molecule has 0 aliphatic carbocycles. The minimum Gasteiger partial charge on any atom is -0.497 e. The average molecular weight is 423 g/mol. The van der Waals surface area contributed by atoms with Gasteiger partial charge in [-0.15, -0.1) is 0 Å². The van der Waals surface area contributed by atoms with Gasteiger partial charge in [0.15, 0.2) is 0 Å². The smallest absolute Gasteiger partial charge is 0.295 e. The summed E-state index contributed by atoms with van der Waals surface area (Å²) in [4.78, 5) is 25.9. The molecule has 2 atom stereocenters. The molecule has 7 nitrogen and oxygen atoms in total. The van der Waals surface area contributed by atoms with Gasteiger partial charge in [-0.25, -0.2) is 4.68 Å². The molecule has 2 N–H and O–H groups in total. The molecule has 7 heteroatoms. The number of nitrogens with zero attached hydrogens (tertiary/aromatic N) is 2. The first-order chi connectivity index (χ1) is 14.9. The summed E-state index contributed by atoms with van der Waals surface area (Å²) < 4.78 is 8.51. The number of carbonyl (C=O) groups excluding carboxylic acids is 1. The third-order valence-electron chi connectivity index (χ3n) is 5.57. The molecule has 0 radical (unpaired) electrons. The molecule has 0 saturated carbocycles. The summed E-state index contributed by atoms with van der Waals surface area (Å²) in [7, 11) is 3.44. The van der Waals surface area contributed by atoms with Gasteiger partial charge < -0.3 is 10.1 Å². The molecule has 3 aromatic rings. The number of carbonyl (C=O) groups is 1. The van der Waals surface area contributed by atoms with E-state index in [0.29, 0.717) is 11.4 Å². The molecule has 164 valence electrons. The van der Waals surface area contributed by atoms with Gasteiger partial charge in [-0.3, -0.25) is 19.6 Å². The number of ether oxygens (including phenoxy) is 1. The van der Waals surface area contributed by atoms with Crippen LogP contribution in [-0.2, 0) is 11.8 Å². The lowest BCUT2D eigenvalue weighted by atomic mass is 10.0. The Labute approximate surface area is 182 Å². The Morgan fingerprint density at radius 1 is 1.10 bits per heavy atom. The Bertz CT molecular complexity index is 1080. The number of anilines is 1. The fraction of sp³-hybridized carbons (Fsp3) is 0.333. The van der Waals surface area contributed by atoms with E-state index in [4.69, 9.17) is 4.74 Å². The van der Waals surface area contributed by atoms with Gasteiger partial charge in [-0.2, -0.15) is 0 Å². The van der Waals surface area contributed by atoms with Crippen LogP contribution in [0.4, 0.5) is 5.69 Å². The van der Waals surface area contributed by atoms with E-state index < -0.39 is 6.04 Å². The van der Waals surface area contributed by atoms with E-state index in [1.165, 1.54) is 0 Å². The van der Waals surface area contributed by atoms with E-state index in [9.17, 15) is 9.59 Å². The zero-order valence-corrected chi connectivity index (χ0v) is 18.7. The number of hydrogen-bond acceptors (Lipinski definition) is 4. The van der Waals surface area contributed by atoms with Gasteiger partial charge in [0, 0.05) is 13.1 Å². The van der Waals surface area contributed by atoms with Crippen LogP contribution in [0.5, 0.6) is 5.75 Å². The van der Waals surface area contributed by atoms with E-state index in [0.717, 1.165) is 23.4 Å². The molecular formula is C24H30N4O3. The lowest BCUT2D eigenvalue weighted by molar-refractivity contribution is -0.118. The first-order valence-corrected chi connectivity index (χ1v) is 10.4. The van der Waals surface area contributed by atoms with Gasteiger partial charge in [-0.05, 0) is 50.1 Å². The van der Waals surface area contributed by atoms with Crippen LogP contribution in [0.3, 0.4) is 0 Å². The summed E-state index contributed by atoms with van der Waals surface area (Å²) in [6.45, 7) is 5.68. The normalized spacial score (nSPS) is 12.9. The fourth-order valence-corrected chi connectivity index (χ4v) is 3.61. The van der Waals surface area contributed by atoms with Crippen LogP contribution < -0.4 is 20.9 Å². The van der Waals surface area contributed by atoms with E-state index in [1.807, 2.05) is 61.5 Å². The van der Waals surface area contributed by atoms with Crippen LogP contribution in [-0.4, -0.2) is 28.4 Å². The number of benzene rings is 2. The summed E-state index contributed by atoms with van der Waals surface area (Å²) in [5.74, 6) is 0.539. The molecule has 2 unspecified atom stereocenters. The molecule has 31 heavy (non-hydrogen) atoms. The van der Waals surface area contributed by atoms with Gasteiger partial charge in [0.25, 0.3) is 5.56 Å². The van der Waals surface area contributed by atoms with Crippen LogP contribution in [0.1, 0.15) is 37.6 Å². The third kappa shape index (κ3) is 4.72. The Hall–Kier alpha value is -3.32. The number of para-hydroxylation sites is 1. The predicted molar refractivity (Wildman–Crippen MR) is 123 cm³/mol. The lowest BCUT2D eigenvalue weighted by Crippen LogP contribution is -2.40. The maximum absolute atomic E-state index is 13.0. The van der Waals surface area contributed by atoms with Crippen molar-refractivity contribution < 1.29 is 9.53 Å². The number of amides is 1. The molecule has 0 spiro atoms. The van der Waals surface area contributed by atoms with Gasteiger partial charge in [0.1, 0.15) is 11.4 Å². The van der Waals surface area contributed by atoms with Crippen molar-refractivity contribution in [1.29, 1.82) is 0 Å². The standard InChI is InChI=1S/C24H30N4O3/c1-6-21(18-12-14-20(31-5)15-13-18)25-16(2)23(29)26-22-17(3)27(4)28(24(22)30)19-10-8-7-9-11-19/h7-16,21,25H,6H2,1-5H3,(H,26,29). The van der Waals surface area contributed by atoms with Gasteiger partial charge in [0.05, 0.1) is 24.5 Å². The Kier molecular flexibility index (Phi) is 6.97. The summed E-state index contributed by atoms with van der Waals surface area (Å²) in [6.07, 6.45) is 0.815. The number of hydrogen-bond donors (Lipinski definition) is 2. The van der Waals surface area contributed by atoms with Crippen LogP contribution >= 0.6 is 0 Å². The monoisotopic (exact) mass is 422 g/mol. The lowest BCUT2D eigenvalue weighted by Gasteiger charge is -2.22. The van der Waals surface area contributed by atoms with E-state index in [-0.39, 0.29) is 17.5 Å². The first-order valence-electron chi connectivity index (χ1n) is 10.4. The van der Waals surface area contributed by atoms with Crippen LogP contribution in [0.2, 0.25) is 0 Å². The highest BCUT2D eigenvalue weighted by atomic mass is 16.5. The Balaban J connectivity index is 1.77. The van der Waals surface area contributed by atoms with Crippen molar-refractivity contribution in [3.63, 3.8) is 0 Å². The van der Waals surface area contributed by atoms with Crippen LogP contribution in [0, 0.1) is 6.92 Å². The molecule has 0 saturated heterocycles. The van der Waals surface area contributed by atoms with E-state index >= 15 is 0 Å². The van der Waals surface area contributed by atoms with Crippen LogP contribution in [0.25, 0.3) is 5.69 Å². The topological polar surface area (TPSA) is 77.3 Å². The molecular weight excluding hydrogens is 392 g/mol. The maximum atomic E-state index is 13.0. The van der Waals surface area contributed by atoms with E-state index in [1.54, 1.807) is 30.4 Å². The molecule has 0 fully saturated rings. The minimum atomic E-state index is -0.490. The molecule has 2 aromatic carbocycles. The zero-order chi connectivity index (χ0) is 22.5. The molecule has 3 rings (SSSR count). The second kappa shape index (κ2) is 9.66. The Morgan fingerprint density at radius 3 is 2.32 bits per heavy atom. The quantitative estimate of drug-likeness (QED) is 0.582. The molecule has 1 amide bonds. The Morgan fingerprint density at radius 2 is 1.74 bits per heavy atom. The third-order valence-corrected chi connectivity index (χ3v) is 5.57. The summed E-state index contributed by atoms with van der Waals surface area (Å²) in [6, 6.07) is 16.7. The average Bonchev–Trinajstić information content (AvgIpc) is 3.00. The largest absolute Gasteiger partial charge is 0.497 e. The summed E-state index contributed by atoms with van der Waals surface area (Å²) in [5.41, 5.74) is 2.55. The maximum Gasteiger partial charge on any atom is 0.295 e. The van der Waals surface area contributed by atoms with Crippen molar-refractivity contribution in [3.05, 3.63) is 76.2 Å². The fourth-order valence-electron chi connectivity index (χ4n) is 3.61. The highest BCUT2D eigenvalue weighted by Gasteiger charge is 2.22. The van der Waals surface area contributed by atoms with Crippen molar-refractivity contribution >= 4 is 11.6 Å². The second-order valence-electron chi connectivity index (χ2n) is 7.55. The summed E-state index contributed by atoms with van der Waals surface area (Å²) >= 11 is 0. The molecule has 0 bridgehead atoms. The van der Waals surface area contributed by atoms with Crippen molar-refractivity contribution in [2.45, 2.75) is 39.3 Å². The highest BCUT2D eigenvalue weighted by molar-refractivity contribution is 5.95. The van der Waals surface area contributed by atoms with Crippen molar-refractivity contribution in [2.75, 3.05) is 12.4 Å². The van der Waals surface area contributed by atoms with Crippen molar-refractivity contribution in [1.82, 2.24) is 14.7 Å². The summed E-state index contributed by atoms with van der Waals surface area (Å²) in [5, 5.41) is 6.20. The minimum absolute atomic E-state index is 0.00417. The van der Waals surface area contributed by atoms with Crippen molar-refractivity contribution in [3.8, 4) is 11.4 Å². The first kappa shape index (κ1) is 22.4. The number of nitrogens with one attached hydrogen (secondary N) is 2. The number of methoxy groups -OCH3 is 1. The predicted octanol–water partition coefficient (Wildman–Crippen LogP) is 3.56. The SMILES string of the molecule is CCC(NC(C)C(=O)Nc1c(C)n(C)n(-c2ccccc2)c1=O)c1ccc(OC)cc1. The van der Waals surface area contributed by atoms with E-state index in [2.05, 4.69) is 17.6 Å². The van der Waals surface area contributed by atoms with Gasteiger partial charge in [0.2, 0.25) is 5.91 Å². The van der Waals surface area contributed by atoms with Gasteiger partial charge >= 0.3 is 0 Å². The van der Waals surface area contributed by atoms with Crippen molar-refractivity contribution in [2.24, 2.45) is 7.05 Å². The van der Waals surface area contributed by atoms with Gasteiger partial charge in [-0.1, -0.05) is 37.3 Å². The van der Waals surface area contributed by atoms with Crippen LogP contribution in [0.15, 0.2) is 59.4 Å². The molecule has 1 aromatic heterocycles. The molecule has 0 aliphatic heterocycles. The molecule has 1 heterocycles. The highest BCUT2D eigenvalue weighted by Crippen LogP contribution is 2.21. The zero-order valence-electron chi connectivity index (χ0n) is 18.7.